The van der Waals surface area contributed by atoms with Crippen LogP contribution in [0.5, 0.6) is 0 Å². The Morgan fingerprint density at radius 2 is 2.17 bits per heavy atom. The normalized spacial score (nSPS) is 18.9. The molecule has 96 valence electrons. The van der Waals surface area contributed by atoms with Crippen molar-refractivity contribution in [3.8, 4) is 0 Å². The van der Waals surface area contributed by atoms with Crippen molar-refractivity contribution in [3.63, 3.8) is 0 Å². The van der Waals surface area contributed by atoms with Gasteiger partial charge in [0.05, 0.1) is 5.92 Å². The first-order chi connectivity index (χ1) is 8.49. The average Bonchev–Trinajstić information content (AvgIpc) is 2.77. The molecule has 1 atom stereocenters. The van der Waals surface area contributed by atoms with Gasteiger partial charge >= 0.3 is 0 Å². The quantitative estimate of drug-likeness (QED) is 0.796. The highest BCUT2D eigenvalue weighted by Crippen LogP contribution is 2.25. The van der Waals surface area contributed by atoms with Crippen molar-refractivity contribution in [1.82, 2.24) is 0 Å². The molecule has 1 heterocycles. The Bertz CT molecular complexity index is 501. The maximum absolute atomic E-state index is 11.2. The van der Waals surface area contributed by atoms with E-state index < -0.39 is 0 Å². The van der Waals surface area contributed by atoms with Crippen LogP contribution in [0.2, 0.25) is 0 Å². The van der Waals surface area contributed by atoms with Crippen LogP contribution in [0.15, 0.2) is 18.2 Å². The zero-order valence-corrected chi connectivity index (χ0v) is 11.2. The number of carbonyl (C=O) groups excluding carboxylic acids is 1. The highest BCUT2D eigenvalue weighted by Gasteiger charge is 2.26. The number of primary amides is 1. The van der Waals surface area contributed by atoms with Crippen molar-refractivity contribution in [3.05, 3.63) is 29.3 Å². The van der Waals surface area contributed by atoms with Gasteiger partial charge in [0.1, 0.15) is 4.99 Å². The summed E-state index contributed by atoms with van der Waals surface area (Å²) in [6.07, 6.45) is 0.825. The van der Waals surface area contributed by atoms with Crippen LogP contribution >= 0.6 is 12.2 Å². The summed E-state index contributed by atoms with van der Waals surface area (Å²) in [5.74, 6) is -0.255. The van der Waals surface area contributed by atoms with Crippen LogP contribution < -0.4 is 16.4 Å². The summed E-state index contributed by atoms with van der Waals surface area (Å²) in [5, 5.41) is 0. The van der Waals surface area contributed by atoms with Crippen LogP contribution in [0.1, 0.15) is 17.5 Å². The molecule has 2 rings (SSSR count). The molecule has 1 fully saturated rings. The number of hydrogen-bond acceptors (Lipinski definition) is 3. The fourth-order valence-corrected chi connectivity index (χ4v) is 2.58. The molecule has 1 aliphatic heterocycles. The Morgan fingerprint density at radius 1 is 1.44 bits per heavy atom. The van der Waals surface area contributed by atoms with Crippen LogP contribution in [0.3, 0.4) is 0 Å². The lowest BCUT2D eigenvalue weighted by atomic mass is 10.1. The third-order valence-corrected chi connectivity index (χ3v) is 3.65. The molecule has 1 saturated heterocycles. The van der Waals surface area contributed by atoms with Gasteiger partial charge in [-0.25, -0.2) is 0 Å². The molecule has 0 radical (unpaired) electrons. The van der Waals surface area contributed by atoms with Crippen molar-refractivity contribution in [2.45, 2.75) is 13.3 Å². The number of anilines is 1. The molecule has 1 amide bonds. The molecule has 5 heteroatoms. The molecule has 0 saturated carbocycles. The summed E-state index contributed by atoms with van der Waals surface area (Å²) in [6.45, 7) is 3.54. The highest BCUT2D eigenvalue weighted by molar-refractivity contribution is 7.80. The molecule has 0 aromatic heterocycles. The van der Waals surface area contributed by atoms with Gasteiger partial charge in [0.25, 0.3) is 0 Å². The molecule has 1 aromatic rings. The number of aryl methyl sites for hydroxylation is 1. The van der Waals surface area contributed by atoms with Crippen LogP contribution in [0.4, 0.5) is 5.69 Å². The predicted octanol–water partition coefficient (Wildman–Crippen LogP) is 0.941. The zero-order valence-electron chi connectivity index (χ0n) is 10.3. The van der Waals surface area contributed by atoms with Gasteiger partial charge in [0.2, 0.25) is 5.91 Å². The number of nitrogens with zero attached hydrogens (tertiary/aromatic N) is 1. The molecule has 4 nitrogen and oxygen atoms in total. The maximum Gasteiger partial charge on any atom is 0.222 e. The van der Waals surface area contributed by atoms with E-state index in [0.29, 0.717) is 11.5 Å². The van der Waals surface area contributed by atoms with E-state index in [1.165, 1.54) is 0 Å². The Kier molecular flexibility index (Phi) is 3.52. The SMILES string of the molecule is Cc1cc(N2CCC(C(N)=O)C2)ccc1C(N)=S. The average molecular weight is 263 g/mol. The van der Waals surface area contributed by atoms with Crippen LogP contribution in [0, 0.1) is 12.8 Å². The fraction of sp³-hybridized carbons (Fsp3) is 0.385. The summed E-state index contributed by atoms with van der Waals surface area (Å²) >= 11 is 4.98. The zero-order chi connectivity index (χ0) is 13.3. The number of amides is 1. The Morgan fingerprint density at radius 3 is 2.67 bits per heavy atom. The molecule has 0 aliphatic carbocycles. The van der Waals surface area contributed by atoms with Crippen molar-refractivity contribution in [2.75, 3.05) is 18.0 Å². The van der Waals surface area contributed by atoms with E-state index in [1.54, 1.807) is 0 Å². The van der Waals surface area contributed by atoms with E-state index in [9.17, 15) is 4.79 Å². The molecular weight excluding hydrogens is 246 g/mol. The maximum atomic E-state index is 11.2. The minimum Gasteiger partial charge on any atom is -0.389 e. The minimum atomic E-state index is -0.214. The second kappa shape index (κ2) is 4.94. The van der Waals surface area contributed by atoms with E-state index in [-0.39, 0.29) is 11.8 Å². The number of nitrogens with two attached hydrogens (primary N) is 2. The number of carbonyl (C=O) groups is 1. The van der Waals surface area contributed by atoms with E-state index in [4.69, 9.17) is 23.7 Å². The number of rotatable bonds is 3. The third-order valence-electron chi connectivity index (χ3n) is 3.43. The molecule has 0 bridgehead atoms. The molecule has 1 aromatic carbocycles. The highest BCUT2D eigenvalue weighted by atomic mass is 32.1. The van der Waals surface area contributed by atoms with E-state index in [1.807, 2.05) is 19.1 Å². The summed E-state index contributed by atoms with van der Waals surface area (Å²) in [7, 11) is 0. The lowest BCUT2D eigenvalue weighted by molar-refractivity contribution is -0.121. The van der Waals surface area contributed by atoms with Crippen LogP contribution in [-0.4, -0.2) is 24.0 Å². The van der Waals surface area contributed by atoms with Gasteiger partial charge in [-0.05, 0) is 37.1 Å². The second-order valence-corrected chi connectivity index (χ2v) is 5.14. The van der Waals surface area contributed by atoms with Gasteiger partial charge in [0.15, 0.2) is 0 Å². The lowest BCUT2D eigenvalue weighted by Gasteiger charge is -2.19. The van der Waals surface area contributed by atoms with Gasteiger partial charge in [-0.2, -0.15) is 0 Å². The van der Waals surface area contributed by atoms with E-state index >= 15 is 0 Å². The second-order valence-electron chi connectivity index (χ2n) is 4.70. The number of thiocarbonyl (C=S) groups is 1. The molecule has 0 spiro atoms. The van der Waals surface area contributed by atoms with Crippen molar-refractivity contribution < 1.29 is 4.79 Å². The first-order valence-corrected chi connectivity index (χ1v) is 6.34. The predicted molar refractivity (Wildman–Crippen MR) is 76.6 cm³/mol. The van der Waals surface area contributed by atoms with Crippen molar-refractivity contribution in [2.24, 2.45) is 17.4 Å². The van der Waals surface area contributed by atoms with Crippen molar-refractivity contribution >= 4 is 28.8 Å². The first kappa shape index (κ1) is 12.8. The topological polar surface area (TPSA) is 72.3 Å². The molecule has 1 unspecified atom stereocenters. The monoisotopic (exact) mass is 263 g/mol. The van der Waals surface area contributed by atoms with Gasteiger partial charge in [-0.3, -0.25) is 4.79 Å². The smallest absolute Gasteiger partial charge is 0.222 e. The van der Waals surface area contributed by atoms with Gasteiger partial charge < -0.3 is 16.4 Å². The van der Waals surface area contributed by atoms with Gasteiger partial charge in [0, 0.05) is 24.3 Å². The lowest BCUT2D eigenvalue weighted by Crippen LogP contribution is -2.27. The summed E-state index contributed by atoms with van der Waals surface area (Å²) < 4.78 is 0. The van der Waals surface area contributed by atoms with E-state index in [0.717, 1.165) is 29.8 Å². The Hall–Kier alpha value is -1.62. The summed E-state index contributed by atoms with van der Waals surface area (Å²) in [5.41, 5.74) is 14.0. The number of benzene rings is 1. The van der Waals surface area contributed by atoms with Gasteiger partial charge in [-0.1, -0.05) is 12.2 Å². The fourth-order valence-electron chi connectivity index (χ4n) is 2.35. The summed E-state index contributed by atoms with van der Waals surface area (Å²) in [4.78, 5) is 13.7. The molecule has 1 aliphatic rings. The Labute approximate surface area is 112 Å². The van der Waals surface area contributed by atoms with Crippen LogP contribution in [0.25, 0.3) is 0 Å². The third kappa shape index (κ3) is 2.46. The largest absolute Gasteiger partial charge is 0.389 e. The van der Waals surface area contributed by atoms with E-state index in [2.05, 4.69) is 11.0 Å². The van der Waals surface area contributed by atoms with Crippen molar-refractivity contribution in [1.29, 1.82) is 0 Å². The molecule has 4 N–H and O–H groups in total. The molecule has 18 heavy (non-hydrogen) atoms. The summed E-state index contributed by atoms with van der Waals surface area (Å²) in [6, 6.07) is 5.98. The molecular formula is C13H17N3OS. The van der Waals surface area contributed by atoms with Gasteiger partial charge in [-0.15, -0.1) is 0 Å². The van der Waals surface area contributed by atoms with Crippen LogP contribution in [-0.2, 0) is 4.79 Å². The minimum absolute atomic E-state index is 0.0411. The number of hydrogen-bond donors (Lipinski definition) is 2. The first-order valence-electron chi connectivity index (χ1n) is 5.93. The Balaban J connectivity index is 2.18. The standard InChI is InChI=1S/C13H17N3OS/c1-8-6-10(2-3-11(8)13(15)18)16-5-4-9(7-16)12(14)17/h2-3,6,9H,4-5,7H2,1H3,(H2,14,17)(H2,15,18).